The molecule has 0 saturated heterocycles. The number of fused-ring (bicyclic) bond motifs is 1. The Morgan fingerprint density at radius 1 is 1.05 bits per heavy atom. The number of nitrogens with zero attached hydrogens (tertiary/aromatic N) is 3. The van der Waals surface area contributed by atoms with Crippen molar-refractivity contribution in [1.29, 1.82) is 0 Å². The largest absolute Gasteiger partial charge is 0.385 e. The second kappa shape index (κ2) is 12.7. The van der Waals surface area contributed by atoms with Crippen LogP contribution in [0.4, 0.5) is 5.82 Å². The fourth-order valence-electron chi connectivity index (χ4n) is 5.20. The Balaban J connectivity index is 1.74. The average Bonchev–Trinajstić information content (AvgIpc) is 3.29. The van der Waals surface area contributed by atoms with Gasteiger partial charge >= 0.3 is 0 Å². The third-order valence-electron chi connectivity index (χ3n) is 7.43. The van der Waals surface area contributed by atoms with Gasteiger partial charge in [0.15, 0.2) is 0 Å². The van der Waals surface area contributed by atoms with Crippen LogP contribution in [-0.4, -0.2) is 54.2 Å². The van der Waals surface area contributed by atoms with Crippen LogP contribution in [0.15, 0.2) is 72.8 Å². The quantitative estimate of drug-likeness (QED) is 0.259. The van der Waals surface area contributed by atoms with Crippen molar-refractivity contribution < 1.29 is 14.3 Å². The number of hydrogen-bond acceptors (Lipinski definition) is 5. The number of aryl methyl sites for hydroxylation is 2. The minimum Gasteiger partial charge on any atom is -0.385 e. The lowest BCUT2D eigenvalue weighted by molar-refractivity contribution is -0.122. The number of amides is 2. The number of anilines is 1. The highest BCUT2D eigenvalue weighted by Crippen LogP contribution is 2.48. The van der Waals surface area contributed by atoms with Crippen molar-refractivity contribution in [3.8, 4) is 16.9 Å². The standard InChI is InChI=1S/C33H36N4O3S/c1-22-11-8-15-26(19-22)32-30-31(25-13-6-5-7-14-25)35-37(27-16-9-12-23(2)24(27)3)33(30)36(29(39)21-41-32)20-28(38)34-17-10-18-40-4/h5-9,11-16,19,32H,10,17-18,20-21H2,1-4H3,(H,34,38)/t32-/m0/s1. The zero-order valence-corrected chi connectivity index (χ0v) is 24.8. The number of methoxy groups -OCH3 is 1. The van der Waals surface area contributed by atoms with Gasteiger partial charge in [-0.3, -0.25) is 14.5 Å². The molecule has 1 aromatic heterocycles. The summed E-state index contributed by atoms with van der Waals surface area (Å²) in [4.78, 5) is 28.7. The number of aromatic nitrogens is 2. The Bertz CT molecular complexity index is 1550. The van der Waals surface area contributed by atoms with Gasteiger partial charge in [-0.05, 0) is 49.9 Å². The minimum absolute atomic E-state index is 0.0926. The highest BCUT2D eigenvalue weighted by Gasteiger charge is 2.38. The maximum Gasteiger partial charge on any atom is 0.240 e. The molecular formula is C33H36N4O3S. The van der Waals surface area contributed by atoms with E-state index >= 15 is 0 Å². The Kier molecular flexibility index (Phi) is 8.90. The highest BCUT2D eigenvalue weighted by atomic mass is 32.2. The summed E-state index contributed by atoms with van der Waals surface area (Å²) < 4.78 is 7.00. The molecule has 41 heavy (non-hydrogen) atoms. The highest BCUT2D eigenvalue weighted by molar-refractivity contribution is 8.00. The first kappa shape index (κ1) is 28.6. The fourth-order valence-corrected chi connectivity index (χ4v) is 6.39. The summed E-state index contributed by atoms with van der Waals surface area (Å²) in [6.45, 7) is 7.16. The Morgan fingerprint density at radius 2 is 1.83 bits per heavy atom. The number of benzene rings is 3. The van der Waals surface area contributed by atoms with E-state index < -0.39 is 0 Å². The van der Waals surface area contributed by atoms with E-state index in [1.54, 1.807) is 23.8 Å². The van der Waals surface area contributed by atoms with Gasteiger partial charge in [-0.2, -0.15) is 5.10 Å². The van der Waals surface area contributed by atoms with Crippen LogP contribution >= 0.6 is 11.8 Å². The number of thioether (sulfide) groups is 1. The van der Waals surface area contributed by atoms with Crippen molar-refractivity contribution >= 4 is 29.4 Å². The molecule has 4 aromatic rings. The molecule has 0 fully saturated rings. The van der Waals surface area contributed by atoms with Gasteiger partial charge in [-0.1, -0.05) is 72.3 Å². The monoisotopic (exact) mass is 568 g/mol. The van der Waals surface area contributed by atoms with Crippen molar-refractivity contribution in [3.05, 3.63) is 101 Å². The number of nitrogens with one attached hydrogen (secondary N) is 1. The summed E-state index contributed by atoms with van der Waals surface area (Å²) >= 11 is 1.58. The van der Waals surface area contributed by atoms with Gasteiger partial charge in [0.05, 0.1) is 22.4 Å². The van der Waals surface area contributed by atoms with Gasteiger partial charge in [0.2, 0.25) is 11.8 Å². The molecule has 212 valence electrons. The van der Waals surface area contributed by atoms with E-state index in [0.717, 1.165) is 44.8 Å². The lowest BCUT2D eigenvalue weighted by Crippen LogP contribution is -2.42. The molecule has 1 aliphatic heterocycles. The van der Waals surface area contributed by atoms with E-state index in [1.165, 1.54) is 0 Å². The molecule has 1 aliphatic rings. The first-order chi connectivity index (χ1) is 19.9. The van der Waals surface area contributed by atoms with Gasteiger partial charge in [0, 0.05) is 31.4 Å². The van der Waals surface area contributed by atoms with Crippen LogP contribution < -0.4 is 10.2 Å². The number of carbonyl (C=O) groups is 2. The SMILES string of the molecule is COCCCNC(=O)CN1C(=O)CS[C@@H](c2cccc(C)c2)c2c(-c3ccccc3)nn(-c3cccc(C)c3C)c21. The third kappa shape index (κ3) is 6.09. The number of ether oxygens (including phenoxy) is 1. The van der Waals surface area contributed by atoms with Crippen molar-refractivity contribution in [1.82, 2.24) is 15.1 Å². The molecular weight excluding hydrogens is 532 g/mol. The molecule has 0 radical (unpaired) electrons. The van der Waals surface area contributed by atoms with Crippen LogP contribution in [0.2, 0.25) is 0 Å². The van der Waals surface area contributed by atoms with Crippen molar-refractivity contribution in [2.45, 2.75) is 32.4 Å². The Hall–Kier alpha value is -3.88. The summed E-state index contributed by atoms with van der Waals surface area (Å²) in [6.07, 6.45) is 0.700. The van der Waals surface area contributed by atoms with E-state index in [2.05, 4.69) is 56.4 Å². The van der Waals surface area contributed by atoms with Crippen LogP contribution in [0.3, 0.4) is 0 Å². The average molecular weight is 569 g/mol. The Morgan fingerprint density at radius 3 is 2.59 bits per heavy atom. The number of hydrogen-bond donors (Lipinski definition) is 1. The second-order valence-electron chi connectivity index (χ2n) is 10.4. The molecule has 0 unspecified atom stereocenters. The first-order valence-electron chi connectivity index (χ1n) is 13.9. The molecule has 0 saturated carbocycles. The number of carbonyl (C=O) groups excluding carboxylic acids is 2. The molecule has 7 nitrogen and oxygen atoms in total. The molecule has 2 heterocycles. The molecule has 8 heteroatoms. The minimum atomic E-state index is -0.214. The van der Waals surface area contributed by atoms with Crippen molar-refractivity contribution in [3.63, 3.8) is 0 Å². The maximum absolute atomic E-state index is 13.9. The zero-order chi connectivity index (χ0) is 28.9. The van der Waals surface area contributed by atoms with Crippen LogP contribution in [0.25, 0.3) is 16.9 Å². The molecule has 3 aromatic carbocycles. The van der Waals surface area contributed by atoms with Gasteiger partial charge in [0.1, 0.15) is 12.4 Å². The van der Waals surface area contributed by atoms with Gasteiger partial charge in [-0.15, -0.1) is 11.8 Å². The number of rotatable bonds is 9. The van der Waals surface area contributed by atoms with E-state index in [0.29, 0.717) is 25.4 Å². The van der Waals surface area contributed by atoms with Crippen LogP contribution in [0.1, 0.15) is 39.5 Å². The van der Waals surface area contributed by atoms with E-state index in [1.807, 2.05) is 47.1 Å². The predicted molar refractivity (Wildman–Crippen MR) is 166 cm³/mol. The fraction of sp³-hybridized carbons (Fsp3) is 0.303. The summed E-state index contributed by atoms with van der Waals surface area (Å²) in [5.74, 6) is 0.552. The third-order valence-corrected chi connectivity index (χ3v) is 8.69. The van der Waals surface area contributed by atoms with Crippen molar-refractivity contribution in [2.75, 3.05) is 37.5 Å². The smallest absolute Gasteiger partial charge is 0.240 e. The Labute approximate surface area is 245 Å². The molecule has 1 atom stereocenters. The van der Waals surface area contributed by atoms with E-state index in [4.69, 9.17) is 9.84 Å². The topological polar surface area (TPSA) is 76.5 Å². The van der Waals surface area contributed by atoms with Gasteiger partial charge in [-0.25, -0.2) is 4.68 Å². The van der Waals surface area contributed by atoms with Gasteiger partial charge < -0.3 is 10.1 Å². The molecule has 0 aliphatic carbocycles. The molecule has 0 spiro atoms. The molecule has 0 bridgehead atoms. The van der Waals surface area contributed by atoms with Crippen LogP contribution in [0, 0.1) is 20.8 Å². The lowest BCUT2D eigenvalue weighted by Gasteiger charge is -2.24. The summed E-state index contributed by atoms with van der Waals surface area (Å²) in [6, 6.07) is 24.6. The van der Waals surface area contributed by atoms with Gasteiger partial charge in [0.25, 0.3) is 0 Å². The lowest BCUT2D eigenvalue weighted by atomic mass is 9.98. The summed E-state index contributed by atoms with van der Waals surface area (Å²) in [5, 5.41) is 8.01. The van der Waals surface area contributed by atoms with E-state index in [-0.39, 0.29) is 29.4 Å². The van der Waals surface area contributed by atoms with Crippen LogP contribution in [-0.2, 0) is 14.3 Å². The maximum atomic E-state index is 13.9. The second-order valence-corrected chi connectivity index (χ2v) is 11.5. The summed E-state index contributed by atoms with van der Waals surface area (Å²) in [5.41, 5.74) is 8.04. The predicted octanol–water partition coefficient (Wildman–Crippen LogP) is 5.79. The summed E-state index contributed by atoms with van der Waals surface area (Å²) in [7, 11) is 1.64. The van der Waals surface area contributed by atoms with Crippen molar-refractivity contribution in [2.24, 2.45) is 0 Å². The van der Waals surface area contributed by atoms with E-state index in [9.17, 15) is 9.59 Å². The molecule has 5 rings (SSSR count). The normalized spacial score (nSPS) is 15.0. The molecule has 2 amide bonds. The zero-order valence-electron chi connectivity index (χ0n) is 24.0. The molecule has 1 N–H and O–H groups in total. The van der Waals surface area contributed by atoms with Crippen LogP contribution in [0.5, 0.6) is 0 Å². The first-order valence-corrected chi connectivity index (χ1v) is 14.9.